The zero-order valence-electron chi connectivity index (χ0n) is 11.6. The molecule has 1 aliphatic carbocycles. The summed E-state index contributed by atoms with van der Waals surface area (Å²) in [6, 6.07) is 9.40. The molecule has 0 heterocycles. The highest BCUT2D eigenvalue weighted by atomic mass is 16.5. The van der Waals surface area contributed by atoms with Crippen LogP contribution in [0, 0.1) is 0 Å². The van der Waals surface area contributed by atoms with Crippen molar-refractivity contribution in [3.05, 3.63) is 29.8 Å². The molecule has 0 saturated heterocycles. The van der Waals surface area contributed by atoms with E-state index in [0.29, 0.717) is 6.04 Å². The smallest absolute Gasteiger partial charge is 0.124 e. The van der Waals surface area contributed by atoms with Gasteiger partial charge in [0.2, 0.25) is 0 Å². The summed E-state index contributed by atoms with van der Waals surface area (Å²) < 4.78 is 5.93. The molecule has 3 nitrogen and oxygen atoms in total. The molecule has 1 aromatic rings. The summed E-state index contributed by atoms with van der Waals surface area (Å²) in [7, 11) is 4.16. The van der Waals surface area contributed by atoms with Crippen LogP contribution >= 0.6 is 0 Å². The number of rotatable bonds is 7. The lowest BCUT2D eigenvalue weighted by Crippen LogP contribution is -2.26. The third kappa shape index (κ3) is 3.47. The van der Waals surface area contributed by atoms with Gasteiger partial charge in [-0.25, -0.2) is 0 Å². The molecule has 100 valence electrons. The molecule has 1 fully saturated rings. The number of hydrogen-bond acceptors (Lipinski definition) is 3. The largest absolute Gasteiger partial charge is 0.492 e. The van der Waals surface area contributed by atoms with Gasteiger partial charge in [-0.05, 0) is 39.9 Å². The Kier molecular flexibility index (Phi) is 4.61. The number of likely N-dealkylation sites (N-methyl/N-ethyl adjacent to an activating group) is 1. The van der Waals surface area contributed by atoms with Gasteiger partial charge in [-0.15, -0.1) is 0 Å². The van der Waals surface area contributed by atoms with Crippen LogP contribution in [0.3, 0.4) is 0 Å². The Morgan fingerprint density at radius 2 is 2.11 bits per heavy atom. The molecule has 2 rings (SSSR count). The zero-order valence-corrected chi connectivity index (χ0v) is 11.6. The Hall–Kier alpha value is -1.06. The second-order valence-electron chi connectivity index (χ2n) is 5.11. The number of para-hydroxylation sites is 1. The molecule has 1 aromatic carbocycles. The minimum atomic E-state index is 0.322. The molecule has 1 N–H and O–H groups in total. The number of nitrogens with one attached hydrogen (secondary N) is 1. The summed E-state index contributed by atoms with van der Waals surface area (Å²) in [6.45, 7) is 3.92. The Labute approximate surface area is 110 Å². The molecular formula is C15H24N2O. The second kappa shape index (κ2) is 6.21. The zero-order chi connectivity index (χ0) is 13.0. The van der Waals surface area contributed by atoms with Crippen LogP contribution in [0.4, 0.5) is 0 Å². The van der Waals surface area contributed by atoms with E-state index in [4.69, 9.17) is 4.74 Å². The van der Waals surface area contributed by atoms with Gasteiger partial charge in [0.05, 0.1) is 0 Å². The van der Waals surface area contributed by atoms with E-state index in [1.807, 2.05) is 13.1 Å². The molecule has 1 aliphatic rings. The summed E-state index contributed by atoms with van der Waals surface area (Å²) in [6.07, 6.45) is 2.70. The van der Waals surface area contributed by atoms with Gasteiger partial charge in [-0.1, -0.05) is 18.2 Å². The van der Waals surface area contributed by atoms with Crippen molar-refractivity contribution in [3.8, 4) is 5.75 Å². The predicted octanol–water partition coefficient (Wildman–Crippen LogP) is 2.44. The molecule has 1 unspecified atom stereocenters. The van der Waals surface area contributed by atoms with E-state index in [1.165, 1.54) is 18.4 Å². The van der Waals surface area contributed by atoms with Crippen LogP contribution in [0.25, 0.3) is 0 Å². The van der Waals surface area contributed by atoms with Crippen LogP contribution in [0.2, 0.25) is 0 Å². The fourth-order valence-corrected chi connectivity index (χ4v) is 2.12. The van der Waals surface area contributed by atoms with Crippen molar-refractivity contribution in [3.63, 3.8) is 0 Å². The number of nitrogens with zero attached hydrogens (tertiary/aromatic N) is 1. The fraction of sp³-hybridized carbons (Fsp3) is 0.600. The lowest BCUT2D eigenvalue weighted by molar-refractivity contribution is 0.229. The van der Waals surface area contributed by atoms with Crippen molar-refractivity contribution in [2.45, 2.75) is 31.8 Å². The summed E-state index contributed by atoms with van der Waals surface area (Å²) in [4.78, 5) is 2.39. The minimum Gasteiger partial charge on any atom is -0.492 e. The van der Waals surface area contributed by atoms with Gasteiger partial charge in [0.15, 0.2) is 0 Å². The first-order chi connectivity index (χ1) is 8.72. The van der Waals surface area contributed by atoms with Crippen LogP contribution in [0.15, 0.2) is 24.3 Å². The monoisotopic (exact) mass is 248 g/mol. The lowest BCUT2D eigenvalue weighted by atomic mass is 10.1. The third-order valence-electron chi connectivity index (χ3n) is 3.69. The van der Waals surface area contributed by atoms with Crippen molar-refractivity contribution >= 4 is 0 Å². The van der Waals surface area contributed by atoms with E-state index in [2.05, 4.69) is 42.4 Å². The van der Waals surface area contributed by atoms with Crippen LogP contribution in [0.1, 0.15) is 31.4 Å². The van der Waals surface area contributed by atoms with E-state index in [0.717, 1.165) is 24.9 Å². The molecule has 1 saturated carbocycles. The predicted molar refractivity (Wildman–Crippen MR) is 75.1 cm³/mol. The van der Waals surface area contributed by atoms with Gasteiger partial charge >= 0.3 is 0 Å². The molecule has 3 heteroatoms. The molecule has 0 amide bonds. The normalized spacial score (nSPS) is 16.9. The summed E-state index contributed by atoms with van der Waals surface area (Å²) >= 11 is 0. The van der Waals surface area contributed by atoms with Crippen molar-refractivity contribution in [1.29, 1.82) is 0 Å². The van der Waals surface area contributed by atoms with Crippen molar-refractivity contribution < 1.29 is 4.74 Å². The average molecular weight is 248 g/mol. The van der Waals surface area contributed by atoms with Gasteiger partial charge in [-0.2, -0.15) is 0 Å². The summed E-state index contributed by atoms with van der Waals surface area (Å²) in [5.74, 6) is 1.00. The van der Waals surface area contributed by atoms with Gasteiger partial charge in [-0.3, -0.25) is 0 Å². The quantitative estimate of drug-likeness (QED) is 0.802. The summed E-state index contributed by atoms with van der Waals surface area (Å²) in [5, 5.41) is 3.26. The van der Waals surface area contributed by atoms with Crippen LogP contribution in [-0.4, -0.2) is 38.2 Å². The number of hydrogen-bond donors (Lipinski definition) is 1. The Morgan fingerprint density at radius 1 is 1.39 bits per heavy atom. The van der Waals surface area contributed by atoms with Gasteiger partial charge < -0.3 is 15.0 Å². The molecule has 0 radical (unpaired) electrons. The topological polar surface area (TPSA) is 24.5 Å². The molecule has 18 heavy (non-hydrogen) atoms. The Balaban J connectivity index is 1.87. The first-order valence-electron chi connectivity index (χ1n) is 6.81. The standard InChI is InChI=1S/C15H24N2O/c1-12(16-2)14-6-4-5-7-15(14)18-11-10-17(3)13-8-9-13/h4-7,12-13,16H,8-11H2,1-3H3. The van der Waals surface area contributed by atoms with Crippen LogP contribution < -0.4 is 10.1 Å². The van der Waals surface area contributed by atoms with E-state index < -0.39 is 0 Å². The maximum Gasteiger partial charge on any atom is 0.124 e. The first-order valence-corrected chi connectivity index (χ1v) is 6.81. The second-order valence-corrected chi connectivity index (χ2v) is 5.11. The molecule has 0 aromatic heterocycles. The maximum absolute atomic E-state index is 5.93. The highest BCUT2D eigenvalue weighted by Crippen LogP contribution is 2.26. The highest BCUT2D eigenvalue weighted by Gasteiger charge is 2.25. The van der Waals surface area contributed by atoms with E-state index in [-0.39, 0.29) is 0 Å². The molecular weight excluding hydrogens is 224 g/mol. The van der Waals surface area contributed by atoms with E-state index in [9.17, 15) is 0 Å². The highest BCUT2D eigenvalue weighted by molar-refractivity contribution is 5.35. The van der Waals surface area contributed by atoms with Crippen molar-refractivity contribution in [1.82, 2.24) is 10.2 Å². The average Bonchev–Trinajstić information content (AvgIpc) is 3.22. The Morgan fingerprint density at radius 3 is 2.78 bits per heavy atom. The van der Waals surface area contributed by atoms with E-state index in [1.54, 1.807) is 0 Å². The summed E-state index contributed by atoms with van der Waals surface area (Å²) in [5.41, 5.74) is 1.23. The molecule has 0 bridgehead atoms. The van der Waals surface area contributed by atoms with Gasteiger partial charge in [0.25, 0.3) is 0 Å². The fourth-order valence-electron chi connectivity index (χ4n) is 2.12. The van der Waals surface area contributed by atoms with Crippen LogP contribution in [-0.2, 0) is 0 Å². The maximum atomic E-state index is 5.93. The van der Waals surface area contributed by atoms with Crippen LogP contribution in [0.5, 0.6) is 5.75 Å². The number of ether oxygens (including phenoxy) is 1. The molecule has 0 aliphatic heterocycles. The Bertz CT molecular complexity index is 377. The lowest BCUT2D eigenvalue weighted by Gasteiger charge is -2.19. The van der Waals surface area contributed by atoms with Crippen molar-refractivity contribution in [2.75, 3.05) is 27.2 Å². The SMILES string of the molecule is CNC(C)c1ccccc1OCCN(C)C1CC1. The molecule has 1 atom stereocenters. The third-order valence-corrected chi connectivity index (χ3v) is 3.69. The first kappa shape index (κ1) is 13.4. The van der Waals surface area contributed by atoms with Crippen molar-refractivity contribution in [2.24, 2.45) is 0 Å². The van der Waals surface area contributed by atoms with Gasteiger partial charge in [0.1, 0.15) is 12.4 Å². The van der Waals surface area contributed by atoms with E-state index >= 15 is 0 Å². The molecule has 0 spiro atoms. The van der Waals surface area contributed by atoms with Gasteiger partial charge in [0, 0.05) is 24.2 Å². The minimum absolute atomic E-state index is 0.322. The number of benzene rings is 1.